The fraction of sp³-hybridized carbons (Fsp3) is 0.808. The predicted octanol–water partition coefficient (Wildman–Crippen LogP) is 5.01. The van der Waals surface area contributed by atoms with Gasteiger partial charge in [0.1, 0.15) is 25.3 Å². The first-order valence-corrected chi connectivity index (χ1v) is 12.1. The van der Waals surface area contributed by atoms with Crippen LogP contribution < -0.4 is 0 Å². The minimum atomic E-state index is -1.28. The lowest BCUT2D eigenvalue weighted by atomic mass is 9.53. The molecule has 2 fully saturated rings. The first-order valence-electron chi connectivity index (χ1n) is 12.1. The van der Waals surface area contributed by atoms with Crippen LogP contribution in [0.15, 0.2) is 12.7 Å². The summed E-state index contributed by atoms with van der Waals surface area (Å²) in [6, 6.07) is 0. The van der Waals surface area contributed by atoms with Gasteiger partial charge in [-0.3, -0.25) is 4.79 Å². The highest BCUT2D eigenvalue weighted by Gasteiger charge is 2.72. The van der Waals surface area contributed by atoms with Gasteiger partial charge in [-0.2, -0.15) is 0 Å². The molecule has 1 aliphatic heterocycles. The number of rotatable bonds is 13. The summed E-state index contributed by atoms with van der Waals surface area (Å²) < 4.78 is 30.4. The maximum absolute atomic E-state index is 12.9. The van der Waals surface area contributed by atoms with E-state index in [1.165, 1.54) is 0 Å². The van der Waals surface area contributed by atoms with E-state index in [2.05, 4.69) is 39.2 Å². The van der Waals surface area contributed by atoms with Crippen molar-refractivity contribution in [3.63, 3.8) is 0 Å². The third kappa shape index (κ3) is 5.22. The van der Waals surface area contributed by atoms with Crippen LogP contribution in [0, 0.1) is 23.2 Å². The van der Waals surface area contributed by atoms with Gasteiger partial charge in [0.25, 0.3) is 0 Å². The van der Waals surface area contributed by atoms with E-state index >= 15 is 0 Å². The lowest BCUT2D eigenvalue weighted by Gasteiger charge is -2.62. The average Bonchev–Trinajstić information content (AvgIpc) is 2.76. The number of esters is 1. The number of fused-ring (bicyclic) bond motifs is 1. The lowest BCUT2D eigenvalue weighted by molar-refractivity contribution is -0.321. The highest BCUT2D eigenvalue weighted by Crippen LogP contribution is 2.59. The largest absolute Gasteiger partial charge is 0.440 e. The number of carbonyl (C=O) groups excluding carboxylic acids is 1. The Kier molecular flexibility index (Phi) is 10.2. The zero-order valence-electron chi connectivity index (χ0n) is 20.7. The number of ether oxygens (including phenoxy) is 5. The summed E-state index contributed by atoms with van der Waals surface area (Å²) in [4.78, 5) is 12.9. The van der Waals surface area contributed by atoms with E-state index in [0.29, 0.717) is 19.6 Å². The monoisotopic (exact) mass is 450 g/mol. The number of unbranched alkanes of at least 4 members (excludes halogenated alkanes) is 2. The van der Waals surface area contributed by atoms with Gasteiger partial charge in [-0.15, -0.1) is 12.5 Å². The van der Waals surface area contributed by atoms with Crippen LogP contribution >= 0.6 is 0 Å². The lowest BCUT2D eigenvalue weighted by Crippen LogP contribution is -2.76. The van der Waals surface area contributed by atoms with E-state index in [1.807, 2.05) is 13.0 Å². The predicted molar refractivity (Wildman–Crippen MR) is 124 cm³/mol. The maximum Gasteiger partial charge on any atom is 0.308 e. The summed E-state index contributed by atoms with van der Waals surface area (Å²) in [7, 11) is 0. The molecular weight excluding hydrogens is 408 g/mol. The van der Waals surface area contributed by atoms with E-state index in [9.17, 15) is 4.79 Å². The summed E-state index contributed by atoms with van der Waals surface area (Å²) in [5, 5.41) is 0. The summed E-state index contributed by atoms with van der Waals surface area (Å²) in [6.45, 7) is 15.6. The van der Waals surface area contributed by atoms with E-state index in [0.717, 1.165) is 32.1 Å². The summed E-state index contributed by atoms with van der Waals surface area (Å²) in [6.07, 6.45) is 7.01. The Morgan fingerprint density at radius 1 is 1.19 bits per heavy atom. The van der Waals surface area contributed by atoms with Gasteiger partial charge >= 0.3 is 5.97 Å². The molecule has 0 amide bonds. The first-order chi connectivity index (χ1) is 15.4. The van der Waals surface area contributed by atoms with E-state index in [4.69, 9.17) is 23.7 Å². The Morgan fingerprint density at radius 2 is 1.84 bits per heavy atom. The number of hydrogen-bond acceptors (Lipinski definition) is 6. The van der Waals surface area contributed by atoms with Gasteiger partial charge in [0.2, 0.25) is 5.60 Å². The zero-order valence-corrected chi connectivity index (χ0v) is 20.7. The molecule has 182 valence electrons. The molecule has 5 unspecified atom stereocenters. The maximum atomic E-state index is 12.9. The van der Waals surface area contributed by atoms with Crippen molar-refractivity contribution in [1.29, 1.82) is 0 Å². The van der Waals surface area contributed by atoms with Crippen molar-refractivity contribution >= 4 is 5.97 Å². The first kappa shape index (κ1) is 26.9. The van der Waals surface area contributed by atoms with Crippen LogP contribution in [0.1, 0.15) is 79.6 Å². The minimum absolute atomic E-state index is 0.0994. The van der Waals surface area contributed by atoms with Crippen molar-refractivity contribution in [2.45, 2.75) is 96.9 Å². The van der Waals surface area contributed by atoms with Crippen LogP contribution in [0.25, 0.3) is 0 Å². The zero-order chi connectivity index (χ0) is 23.7. The topological polar surface area (TPSA) is 63.2 Å². The fourth-order valence-electron chi connectivity index (χ4n) is 5.03. The summed E-state index contributed by atoms with van der Waals surface area (Å²) in [5.74, 6) is 6.02. The van der Waals surface area contributed by atoms with E-state index in [1.54, 1.807) is 6.92 Å². The third-order valence-corrected chi connectivity index (χ3v) is 6.94. The molecule has 5 atom stereocenters. The van der Waals surface area contributed by atoms with Crippen LogP contribution in [-0.4, -0.2) is 50.1 Å². The van der Waals surface area contributed by atoms with Crippen molar-refractivity contribution < 1.29 is 28.5 Å². The second-order valence-corrected chi connectivity index (χ2v) is 9.22. The van der Waals surface area contributed by atoms with Crippen LogP contribution in [0.2, 0.25) is 0 Å². The molecule has 32 heavy (non-hydrogen) atoms. The Hall–Kier alpha value is -1.39. The van der Waals surface area contributed by atoms with E-state index < -0.39 is 22.7 Å². The Morgan fingerprint density at radius 3 is 2.44 bits per heavy atom. The molecule has 1 saturated heterocycles. The van der Waals surface area contributed by atoms with Gasteiger partial charge in [0.05, 0.1) is 6.42 Å². The quantitative estimate of drug-likeness (QED) is 0.129. The molecule has 6 nitrogen and oxygen atoms in total. The molecule has 0 N–H and O–H groups in total. The van der Waals surface area contributed by atoms with Crippen molar-refractivity contribution in [3.05, 3.63) is 12.7 Å². The summed E-state index contributed by atoms with van der Waals surface area (Å²) in [5.41, 5.74) is -2.91. The molecule has 1 saturated carbocycles. The van der Waals surface area contributed by atoms with Gasteiger partial charge in [0, 0.05) is 18.6 Å². The van der Waals surface area contributed by atoms with Crippen LogP contribution in [0.3, 0.4) is 0 Å². The van der Waals surface area contributed by atoms with Crippen LogP contribution in [0.5, 0.6) is 0 Å². The van der Waals surface area contributed by atoms with Gasteiger partial charge in [-0.05, 0) is 44.4 Å². The molecule has 1 aliphatic carbocycles. The van der Waals surface area contributed by atoms with Crippen molar-refractivity contribution in [2.24, 2.45) is 11.3 Å². The molecule has 0 spiro atoms. The van der Waals surface area contributed by atoms with Crippen molar-refractivity contribution in [3.8, 4) is 11.8 Å². The standard InChI is InChI=1S/C26H42O6/c1-7-11-16-28-19-30-23-21(5)13-15-26(31-20-29-17-12-8-2)24(6,10-4)18-22(27)32-25(23,26)14-9-3/h10,21,23H,4,7-8,11-13,15-20H2,1-3,5-6H3. The summed E-state index contributed by atoms with van der Waals surface area (Å²) >= 11 is 0. The van der Waals surface area contributed by atoms with Crippen LogP contribution in [-0.2, 0) is 28.5 Å². The van der Waals surface area contributed by atoms with Gasteiger partial charge in [-0.1, -0.05) is 46.6 Å². The molecule has 2 aliphatic rings. The average molecular weight is 451 g/mol. The molecule has 0 aromatic rings. The highest BCUT2D eigenvalue weighted by atomic mass is 16.7. The van der Waals surface area contributed by atoms with E-state index in [-0.39, 0.29) is 31.9 Å². The number of hydrogen-bond donors (Lipinski definition) is 0. The molecule has 0 radical (unpaired) electrons. The van der Waals surface area contributed by atoms with Gasteiger partial charge < -0.3 is 23.7 Å². The molecule has 1 heterocycles. The molecule has 0 bridgehead atoms. The van der Waals surface area contributed by atoms with Crippen molar-refractivity contribution in [1.82, 2.24) is 0 Å². The SMILES string of the molecule is C=CC1(C)CC(=O)OC2(C#CC)C(OCOCCCC)C(C)CCC12OCOCCCC. The van der Waals surface area contributed by atoms with Gasteiger partial charge in [0.15, 0.2) is 0 Å². The normalized spacial score (nSPS) is 34.2. The Balaban J connectivity index is 2.44. The second kappa shape index (κ2) is 12.2. The molecule has 2 rings (SSSR count). The Bertz CT molecular complexity index is 682. The Labute approximate surface area is 194 Å². The molecule has 0 aromatic carbocycles. The molecule has 6 heteroatoms. The second-order valence-electron chi connectivity index (χ2n) is 9.22. The fourth-order valence-corrected chi connectivity index (χ4v) is 5.03. The smallest absolute Gasteiger partial charge is 0.308 e. The van der Waals surface area contributed by atoms with Crippen LogP contribution in [0.4, 0.5) is 0 Å². The number of carbonyl (C=O) groups is 1. The molecule has 0 aromatic heterocycles. The minimum Gasteiger partial charge on any atom is -0.440 e. The highest BCUT2D eigenvalue weighted by molar-refractivity contribution is 5.74. The molecular formula is C26H42O6. The van der Waals surface area contributed by atoms with Crippen molar-refractivity contribution in [2.75, 3.05) is 26.8 Å². The third-order valence-electron chi connectivity index (χ3n) is 6.94. The van der Waals surface area contributed by atoms with Gasteiger partial charge in [-0.25, -0.2) is 0 Å².